The van der Waals surface area contributed by atoms with E-state index in [9.17, 15) is 18.9 Å². The number of rotatable bonds is 13. The minimum Gasteiger partial charge on any atom is -0.450 e. The second-order valence-electron chi connectivity index (χ2n) is 8.84. The summed E-state index contributed by atoms with van der Waals surface area (Å²) in [5.41, 5.74) is -0.230. The highest BCUT2D eigenvalue weighted by Gasteiger charge is 2.50. The van der Waals surface area contributed by atoms with E-state index in [4.69, 9.17) is 32.7 Å². The summed E-state index contributed by atoms with van der Waals surface area (Å²) >= 11 is 0. The summed E-state index contributed by atoms with van der Waals surface area (Å²) in [4.78, 5) is 38.9. The zero-order valence-electron chi connectivity index (χ0n) is 22.7. The van der Waals surface area contributed by atoms with Crippen LogP contribution >= 0.6 is 7.60 Å². The van der Waals surface area contributed by atoms with Crippen molar-refractivity contribution in [3.05, 3.63) is 105 Å². The third-order valence-corrected chi connectivity index (χ3v) is 7.90. The fourth-order valence-corrected chi connectivity index (χ4v) is 4.81. The van der Waals surface area contributed by atoms with Gasteiger partial charge in [-0.15, -0.1) is 0 Å². The van der Waals surface area contributed by atoms with Gasteiger partial charge in [0, 0.05) is 33.6 Å². The molecule has 41 heavy (non-hydrogen) atoms. The zero-order valence-corrected chi connectivity index (χ0v) is 23.6. The Kier molecular flexibility index (Phi) is 10.4. The molecule has 1 saturated heterocycles. The first-order chi connectivity index (χ1) is 19.8. The molecule has 1 aliphatic rings. The summed E-state index contributed by atoms with van der Waals surface area (Å²) in [6.45, 7) is -0.149. The lowest BCUT2D eigenvalue weighted by Gasteiger charge is -2.24. The molecule has 2 aromatic carbocycles. The molecule has 1 aliphatic heterocycles. The van der Waals surface area contributed by atoms with E-state index in [0.29, 0.717) is 0 Å². The predicted molar refractivity (Wildman–Crippen MR) is 144 cm³/mol. The maximum Gasteiger partial charge on any atom is 0.355 e. The second-order valence-corrected chi connectivity index (χ2v) is 11.0. The first-order valence-electron chi connectivity index (χ1n) is 12.5. The Morgan fingerprint density at radius 3 is 2.22 bits per heavy atom. The minimum atomic E-state index is -3.65. The summed E-state index contributed by atoms with van der Waals surface area (Å²) in [6, 6.07) is 18.6. The van der Waals surface area contributed by atoms with Crippen molar-refractivity contribution in [3.63, 3.8) is 0 Å². The van der Waals surface area contributed by atoms with Crippen LogP contribution in [0.15, 0.2) is 82.5 Å². The lowest BCUT2D eigenvalue weighted by molar-refractivity contribution is -0.170. The molecule has 14 heteroatoms. The van der Waals surface area contributed by atoms with Crippen LogP contribution in [-0.4, -0.2) is 61.3 Å². The molecule has 3 aromatic rings. The van der Waals surface area contributed by atoms with E-state index >= 15 is 0 Å². The Labute approximate surface area is 235 Å². The monoisotopic (exact) mass is 590 g/mol. The summed E-state index contributed by atoms with van der Waals surface area (Å²) < 4.78 is 53.1. The molecule has 0 amide bonds. The predicted octanol–water partition coefficient (Wildman–Crippen LogP) is 2.74. The van der Waals surface area contributed by atoms with Gasteiger partial charge in [-0.25, -0.2) is 14.2 Å². The number of ether oxygens (including phenoxy) is 5. The van der Waals surface area contributed by atoms with Crippen LogP contribution in [0, 0.1) is 0 Å². The topological polar surface area (TPSA) is 143 Å². The van der Waals surface area contributed by atoms with Crippen molar-refractivity contribution >= 4 is 13.6 Å². The summed E-state index contributed by atoms with van der Waals surface area (Å²) in [5.74, 6) is -0.705. The standard InChI is InChI=1S/C27H31N2O11P/c1-34-22-23(39-25(31)20-12-8-5-9-13-20)26(38-18-41(33,35-2)36-3)40-24(22)28-15-14-21(30)29(27(28)32)17-37-16-19-10-6-4-7-11-19/h4-15,22-24,26H,16-18H2,1-3H3/t22?,23?,24-,26+/m1/s1. The highest BCUT2D eigenvalue weighted by atomic mass is 31.2. The van der Waals surface area contributed by atoms with Gasteiger partial charge in [-0.05, 0) is 17.7 Å². The number of methoxy groups -OCH3 is 1. The fourth-order valence-electron chi connectivity index (χ4n) is 4.12. The zero-order chi connectivity index (χ0) is 29.4. The minimum absolute atomic E-state index is 0.175. The van der Waals surface area contributed by atoms with Crippen LogP contribution < -0.4 is 11.2 Å². The molecule has 4 rings (SSSR count). The van der Waals surface area contributed by atoms with E-state index in [-0.39, 0.29) is 18.9 Å². The maximum absolute atomic E-state index is 13.4. The molecule has 220 valence electrons. The van der Waals surface area contributed by atoms with Gasteiger partial charge in [-0.3, -0.25) is 13.9 Å². The van der Waals surface area contributed by atoms with Gasteiger partial charge in [0.2, 0.25) is 6.29 Å². The average Bonchev–Trinajstić information content (AvgIpc) is 3.35. The van der Waals surface area contributed by atoms with Crippen molar-refractivity contribution in [1.82, 2.24) is 9.13 Å². The van der Waals surface area contributed by atoms with Crippen molar-refractivity contribution in [2.24, 2.45) is 0 Å². The molecule has 0 aliphatic carbocycles. The van der Waals surface area contributed by atoms with Crippen LogP contribution in [-0.2, 0) is 50.6 Å². The van der Waals surface area contributed by atoms with Crippen LogP contribution in [0.3, 0.4) is 0 Å². The van der Waals surface area contributed by atoms with Gasteiger partial charge < -0.3 is 32.7 Å². The van der Waals surface area contributed by atoms with Crippen molar-refractivity contribution in [1.29, 1.82) is 0 Å². The van der Waals surface area contributed by atoms with Crippen molar-refractivity contribution in [3.8, 4) is 0 Å². The number of hydrogen-bond acceptors (Lipinski definition) is 11. The summed E-state index contributed by atoms with van der Waals surface area (Å²) in [6.07, 6.45) is -4.17. The summed E-state index contributed by atoms with van der Waals surface area (Å²) in [7, 11) is 0.0788. The van der Waals surface area contributed by atoms with Crippen LogP contribution in [0.1, 0.15) is 22.1 Å². The van der Waals surface area contributed by atoms with Crippen molar-refractivity contribution in [2.75, 3.05) is 27.7 Å². The Morgan fingerprint density at radius 2 is 1.59 bits per heavy atom. The molecule has 13 nitrogen and oxygen atoms in total. The van der Waals surface area contributed by atoms with Crippen LogP contribution in [0.2, 0.25) is 0 Å². The number of carbonyl (C=O) groups excluding carboxylic acids is 1. The molecule has 0 radical (unpaired) electrons. The Hall–Kier alpha value is -3.42. The Balaban J connectivity index is 1.61. The van der Waals surface area contributed by atoms with Gasteiger partial charge in [0.25, 0.3) is 5.56 Å². The molecule has 1 fully saturated rings. The highest BCUT2D eigenvalue weighted by molar-refractivity contribution is 7.53. The molecule has 0 N–H and O–H groups in total. The maximum atomic E-state index is 13.4. The van der Waals surface area contributed by atoms with Crippen LogP contribution in [0.4, 0.5) is 0 Å². The smallest absolute Gasteiger partial charge is 0.355 e. The highest BCUT2D eigenvalue weighted by Crippen LogP contribution is 2.47. The lowest BCUT2D eigenvalue weighted by atomic mass is 10.2. The van der Waals surface area contributed by atoms with Gasteiger partial charge >= 0.3 is 19.3 Å². The van der Waals surface area contributed by atoms with E-state index in [0.717, 1.165) is 14.7 Å². The average molecular weight is 591 g/mol. The van der Waals surface area contributed by atoms with Gasteiger partial charge in [0.05, 0.1) is 12.2 Å². The van der Waals surface area contributed by atoms with Crippen LogP contribution in [0.5, 0.6) is 0 Å². The van der Waals surface area contributed by atoms with Crippen molar-refractivity contribution in [2.45, 2.75) is 38.1 Å². The number of hydrogen-bond donors (Lipinski definition) is 0. The first-order valence-corrected chi connectivity index (χ1v) is 14.2. The van der Waals surface area contributed by atoms with Gasteiger partial charge in [-0.2, -0.15) is 0 Å². The molecular weight excluding hydrogens is 559 g/mol. The largest absolute Gasteiger partial charge is 0.450 e. The molecule has 4 atom stereocenters. The van der Waals surface area contributed by atoms with Crippen LogP contribution in [0.25, 0.3) is 0 Å². The van der Waals surface area contributed by atoms with E-state index < -0.39 is 55.9 Å². The normalized spacial score (nSPS) is 20.7. The number of aromatic nitrogens is 2. The van der Waals surface area contributed by atoms with Gasteiger partial charge in [-0.1, -0.05) is 48.5 Å². The molecular formula is C27H31N2O11P. The third kappa shape index (κ3) is 7.27. The first kappa shape index (κ1) is 30.5. The lowest BCUT2D eigenvalue weighted by Crippen LogP contribution is -2.44. The van der Waals surface area contributed by atoms with E-state index in [1.54, 1.807) is 30.3 Å². The quantitative estimate of drug-likeness (QED) is 0.214. The Morgan fingerprint density at radius 1 is 0.927 bits per heavy atom. The number of carbonyl (C=O) groups is 1. The molecule has 0 bridgehead atoms. The molecule has 1 aromatic heterocycles. The van der Waals surface area contributed by atoms with E-state index in [2.05, 4.69) is 0 Å². The number of benzene rings is 2. The SMILES string of the molecule is COC1C(OC(=O)c2ccccc2)[C@@H](OCP(=O)(OC)OC)O[C@H]1n1ccc(=O)n(COCc2ccccc2)c1=O. The van der Waals surface area contributed by atoms with Gasteiger partial charge in [0.15, 0.2) is 18.7 Å². The van der Waals surface area contributed by atoms with E-state index in [1.165, 1.54) is 33.6 Å². The summed E-state index contributed by atoms with van der Waals surface area (Å²) in [5, 5.41) is 0. The number of esters is 1. The second kappa shape index (κ2) is 14.0. The van der Waals surface area contributed by atoms with Gasteiger partial charge in [0.1, 0.15) is 12.8 Å². The molecule has 0 spiro atoms. The molecule has 2 heterocycles. The molecule has 0 saturated carbocycles. The number of nitrogens with zero attached hydrogens (tertiary/aromatic N) is 2. The fraction of sp³-hybridized carbons (Fsp3) is 0.370. The molecule has 2 unspecified atom stereocenters. The third-order valence-electron chi connectivity index (χ3n) is 6.33. The van der Waals surface area contributed by atoms with Crippen molar-refractivity contribution < 1.29 is 42.1 Å². The Bertz CT molecular complexity index is 1450. The van der Waals surface area contributed by atoms with E-state index in [1.807, 2.05) is 30.3 Å².